The summed E-state index contributed by atoms with van der Waals surface area (Å²) in [5, 5.41) is 4.78. The van der Waals surface area contributed by atoms with Crippen molar-refractivity contribution in [1.29, 1.82) is 0 Å². The summed E-state index contributed by atoms with van der Waals surface area (Å²) in [6.07, 6.45) is 0. The lowest BCUT2D eigenvalue weighted by atomic mass is 9.98. The normalized spacial score (nSPS) is 11.4. The first-order chi connectivity index (χ1) is 26.3. The molecular formula is C50H33N3. The summed E-state index contributed by atoms with van der Waals surface area (Å²) in [6, 6.07) is 70.9. The maximum Gasteiger partial charge on any atom is 0.161 e. The second-order valence-electron chi connectivity index (χ2n) is 13.4. The average molecular weight is 676 g/mol. The summed E-state index contributed by atoms with van der Waals surface area (Å²) in [7, 11) is 0. The molecule has 0 N–H and O–H groups in total. The Bertz CT molecular complexity index is 2920. The van der Waals surface area contributed by atoms with Gasteiger partial charge in [0.1, 0.15) is 0 Å². The average Bonchev–Trinajstić information content (AvgIpc) is 3.58. The van der Waals surface area contributed by atoms with Crippen molar-refractivity contribution < 1.29 is 0 Å². The minimum absolute atomic E-state index is 0.709. The molecule has 3 nitrogen and oxygen atoms in total. The lowest BCUT2D eigenvalue weighted by Crippen LogP contribution is -1.97. The van der Waals surface area contributed by atoms with Crippen LogP contribution in [0.5, 0.6) is 0 Å². The van der Waals surface area contributed by atoms with Crippen LogP contribution in [0, 0.1) is 0 Å². The van der Waals surface area contributed by atoms with E-state index in [2.05, 4.69) is 199 Å². The lowest BCUT2D eigenvalue weighted by molar-refractivity contribution is 1.18. The first-order valence-corrected chi connectivity index (χ1v) is 18.0. The van der Waals surface area contributed by atoms with Gasteiger partial charge in [-0.2, -0.15) is 0 Å². The highest BCUT2D eigenvalue weighted by molar-refractivity contribution is 6.10. The predicted octanol–water partition coefficient (Wildman–Crippen LogP) is 13.1. The molecular weight excluding hydrogens is 643 g/mol. The molecule has 0 saturated heterocycles. The molecule has 0 unspecified atom stereocenters. The summed E-state index contributed by atoms with van der Waals surface area (Å²) in [5.74, 6) is 0.709. The fraction of sp³-hybridized carbons (Fsp3) is 0. The first kappa shape index (κ1) is 30.7. The topological polar surface area (TPSA) is 30.7 Å². The van der Waals surface area contributed by atoms with Crippen LogP contribution in [0.3, 0.4) is 0 Å². The SMILES string of the molecule is c1ccc(-c2ccc(-c3cc(-c4cccc(-c5ccc6c7ccccc7n(-c7ccccc7)c6c5)c4)nc(-c4cccc5ccccc45)n3)cc2)cc1. The number of aromatic nitrogens is 3. The molecule has 0 fully saturated rings. The van der Waals surface area contributed by atoms with Crippen LogP contribution in [0.4, 0.5) is 0 Å². The second-order valence-corrected chi connectivity index (χ2v) is 13.4. The van der Waals surface area contributed by atoms with Gasteiger partial charge in [0.25, 0.3) is 0 Å². The Kier molecular flexibility index (Phi) is 7.47. The zero-order valence-electron chi connectivity index (χ0n) is 28.9. The lowest BCUT2D eigenvalue weighted by Gasteiger charge is -2.13. The molecule has 0 saturated carbocycles. The molecule has 0 aliphatic rings. The molecule has 2 heterocycles. The van der Waals surface area contributed by atoms with Crippen LogP contribution >= 0.6 is 0 Å². The van der Waals surface area contributed by atoms with E-state index >= 15 is 0 Å². The minimum atomic E-state index is 0.709. The second kappa shape index (κ2) is 12.9. The summed E-state index contributed by atoms with van der Waals surface area (Å²) in [5.41, 5.74) is 13.1. The summed E-state index contributed by atoms with van der Waals surface area (Å²) < 4.78 is 2.37. The van der Waals surface area contributed by atoms with Crippen molar-refractivity contribution in [3.05, 3.63) is 200 Å². The molecule has 2 aromatic heterocycles. The number of rotatable bonds is 6. The predicted molar refractivity (Wildman–Crippen MR) is 221 cm³/mol. The van der Waals surface area contributed by atoms with E-state index in [-0.39, 0.29) is 0 Å². The van der Waals surface area contributed by atoms with Gasteiger partial charge < -0.3 is 4.57 Å². The molecule has 10 rings (SSSR count). The van der Waals surface area contributed by atoms with Crippen molar-refractivity contribution in [3.8, 4) is 61.8 Å². The van der Waals surface area contributed by atoms with Crippen molar-refractivity contribution in [2.45, 2.75) is 0 Å². The standard InChI is InChI=1S/C50H33N3/c1-3-13-34(14-4-1)35-25-27-37(28-26-35)46-33-47(52-50(51-46)45-23-12-16-36-15-7-8-21-42(36)45)40-18-11-17-38(31-40)39-29-30-44-43-22-9-10-24-48(43)53(49(44)32-39)41-19-5-2-6-20-41/h1-33H. The number of hydrogen-bond donors (Lipinski definition) is 0. The summed E-state index contributed by atoms with van der Waals surface area (Å²) in [6.45, 7) is 0. The van der Waals surface area contributed by atoms with Gasteiger partial charge in [0.2, 0.25) is 0 Å². The number of benzene rings is 8. The van der Waals surface area contributed by atoms with Crippen LogP contribution in [0.2, 0.25) is 0 Å². The third-order valence-electron chi connectivity index (χ3n) is 10.2. The molecule has 10 aromatic rings. The minimum Gasteiger partial charge on any atom is -0.309 e. The Balaban J connectivity index is 1.12. The van der Waals surface area contributed by atoms with Crippen molar-refractivity contribution in [2.75, 3.05) is 0 Å². The maximum absolute atomic E-state index is 5.27. The highest BCUT2D eigenvalue weighted by atomic mass is 15.0. The van der Waals surface area contributed by atoms with Gasteiger partial charge in [-0.05, 0) is 69.4 Å². The third kappa shape index (κ3) is 5.56. The van der Waals surface area contributed by atoms with E-state index in [1.807, 2.05) is 6.07 Å². The third-order valence-corrected chi connectivity index (χ3v) is 10.2. The van der Waals surface area contributed by atoms with Gasteiger partial charge in [0, 0.05) is 33.2 Å². The van der Waals surface area contributed by atoms with E-state index in [0.717, 1.165) is 55.7 Å². The van der Waals surface area contributed by atoms with Gasteiger partial charge >= 0.3 is 0 Å². The van der Waals surface area contributed by atoms with Crippen LogP contribution < -0.4 is 0 Å². The molecule has 53 heavy (non-hydrogen) atoms. The van der Waals surface area contributed by atoms with Crippen molar-refractivity contribution in [1.82, 2.24) is 14.5 Å². The van der Waals surface area contributed by atoms with Crippen LogP contribution in [-0.4, -0.2) is 14.5 Å². The van der Waals surface area contributed by atoms with E-state index in [9.17, 15) is 0 Å². The first-order valence-electron chi connectivity index (χ1n) is 18.0. The molecule has 0 aliphatic heterocycles. The number of para-hydroxylation sites is 2. The van der Waals surface area contributed by atoms with Crippen LogP contribution in [0.15, 0.2) is 200 Å². The number of fused-ring (bicyclic) bond motifs is 4. The highest BCUT2D eigenvalue weighted by Crippen LogP contribution is 2.37. The molecule has 248 valence electrons. The summed E-state index contributed by atoms with van der Waals surface area (Å²) in [4.78, 5) is 10.5. The van der Waals surface area contributed by atoms with Gasteiger partial charge in [-0.3, -0.25) is 0 Å². The zero-order valence-corrected chi connectivity index (χ0v) is 28.9. The van der Waals surface area contributed by atoms with E-state index in [0.29, 0.717) is 5.82 Å². The molecule has 0 atom stereocenters. The Hall–Kier alpha value is -7.10. The smallest absolute Gasteiger partial charge is 0.161 e. The van der Waals surface area contributed by atoms with Crippen LogP contribution in [-0.2, 0) is 0 Å². The molecule has 8 aromatic carbocycles. The van der Waals surface area contributed by atoms with Gasteiger partial charge in [-0.15, -0.1) is 0 Å². The van der Waals surface area contributed by atoms with Crippen molar-refractivity contribution in [2.24, 2.45) is 0 Å². The number of nitrogens with zero attached hydrogens (tertiary/aromatic N) is 3. The maximum atomic E-state index is 5.27. The van der Waals surface area contributed by atoms with Gasteiger partial charge in [0.15, 0.2) is 5.82 Å². The van der Waals surface area contributed by atoms with Gasteiger partial charge in [0.05, 0.1) is 22.4 Å². The molecule has 3 heteroatoms. The largest absolute Gasteiger partial charge is 0.309 e. The van der Waals surface area contributed by atoms with Crippen LogP contribution in [0.1, 0.15) is 0 Å². The molecule has 0 amide bonds. The quantitative estimate of drug-likeness (QED) is 0.176. The van der Waals surface area contributed by atoms with Crippen molar-refractivity contribution in [3.63, 3.8) is 0 Å². The van der Waals surface area contributed by atoms with E-state index < -0.39 is 0 Å². The fourth-order valence-corrected chi connectivity index (χ4v) is 7.61. The molecule has 0 aliphatic carbocycles. The van der Waals surface area contributed by atoms with Gasteiger partial charge in [-0.1, -0.05) is 164 Å². The highest BCUT2D eigenvalue weighted by Gasteiger charge is 2.16. The van der Waals surface area contributed by atoms with E-state index in [1.54, 1.807) is 0 Å². The zero-order chi connectivity index (χ0) is 35.1. The Morgan fingerprint density at radius 1 is 0.321 bits per heavy atom. The van der Waals surface area contributed by atoms with Crippen LogP contribution in [0.25, 0.3) is 94.4 Å². The van der Waals surface area contributed by atoms with E-state index in [1.165, 1.54) is 32.9 Å². The van der Waals surface area contributed by atoms with Crippen molar-refractivity contribution >= 4 is 32.6 Å². The Morgan fingerprint density at radius 2 is 0.868 bits per heavy atom. The monoisotopic (exact) mass is 675 g/mol. The summed E-state index contributed by atoms with van der Waals surface area (Å²) >= 11 is 0. The molecule has 0 spiro atoms. The fourth-order valence-electron chi connectivity index (χ4n) is 7.61. The molecule has 0 bridgehead atoms. The Labute approximate surface area is 308 Å². The van der Waals surface area contributed by atoms with E-state index in [4.69, 9.17) is 9.97 Å². The number of hydrogen-bond acceptors (Lipinski definition) is 2. The van der Waals surface area contributed by atoms with Gasteiger partial charge in [-0.25, -0.2) is 9.97 Å². The molecule has 0 radical (unpaired) electrons. The Morgan fingerprint density at radius 3 is 1.70 bits per heavy atom.